The summed E-state index contributed by atoms with van der Waals surface area (Å²) in [5, 5.41) is 10.9. The second-order valence-corrected chi connectivity index (χ2v) is 5.77. The van der Waals surface area contributed by atoms with Gasteiger partial charge < -0.3 is 14.7 Å². The lowest BCUT2D eigenvalue weighted by Gasteiger charge is -2.46. The largest absolute Gasteiger partial charge is 0.386 e. The van der Waals surface area contributed by atoms with Gasteiger partial charge in [0.15, 0.2) is 0 Å². The Bertz CT molecular complexity index is 230. The standard InChI is InChI=1S/C14H29NO2/c1-6-15(5)10-14(16)9-12(4)11(3)8-13(14)17-7-2/h11-13,16H,6-10H2,1-5H3. The first-order valence-electron chi connectivity index (χ1n) is 6.95. The van der Waals surface area contributed by atoms with Crippen LogP contribution < -0.4 is 0 Å². The fraction of sp³-hybridized carbons (Fsp3) is 1.00. The predicted octanol–water partition coefficient (Wildman–Crippen LogP) is 2.14. The molecule has 1 saturated carbocycles. The third-order valence-corrected chi connectivity index (χ3v) is 4.28. The summed E-state index contributed by atoms with van der Waals surface area (Å²) < 4.78 is 5.79. The molecule has 1 rings (SSSR count). The summed E-state index contributed by atoms with van der Waals surface area (Å²) in [6.07, 6.45) is 1.82. The summed E-state index contributed by atoms with van der Waals surface area (Å²) in [6, 6.07) is 0. The molecule has 0 aliphatic heterocycles. The van der Waals surface area contributed by atoms with Crippen molar-refractivity contribution in [2.24, 2.45) is 11.8 Å². The Hall–Kier alpha value is -0.120. The van der Waals surface area contributed by atoms with E-state index in [1.54, 1.807) is 0 Å². The van der Waals surface area contributed by atoms with Gasteiger partial charge in [-0.1, -0.05) is 20.8 Å². The number of aliphatic hydroxyl groups is 1. The van der Waals surface area contributed by atoms with E-state index in [-0.39, 0.29) is 6.10 Å². The molecular formula is C14H29NO2. The van der Waals surface area contributed by atoms with Crippen LogP contribution in [0.2, 0.25) is 0 Å². The van der Waals surface area contributed by atoms with Crippen molar-refractivity contribution in [1.29, 1.82) is 0 Å². The molecule has 0 saturated heterocycles. The zero-order valence-corrected chi connectivity index (χ0v) is 12.1. The van der Waals surface area contributed by atoms with Crippen LogP contribution in [0.15, 0.2) is 0 Å². The van der Waals surface area contributed by atoms with Gasteiger partial charge in [0.05, 0.1) is 6.10 Å². The molecule has 0 amide bonds. The Morgan fingerprint density at radius 3 is 2.47 bits per heavy atom. The van der Waals surface area contributed by atoms with Crippen molar-refractivity contribution < 1.29 is 9.84 Å². The molecule has 1 aliphatic carbocycles. The quantitative estimate of drug-likeness (QED) is 0.803. The van der Waals surface area contributed by atoms with Gasteiger partial charge in [0.2, 0.25) is 0 Å². The molecule has 4 atom stereocenters. The molecule has 0 bridgehead atoms. The Balaban J connectivity index is 2.75. The van der Waals surface area contributed by atoms with Crippen LogP contribution in [-0.4, -0.2) is 48.5 Å². The number of nitrogens with zero attached hydrogens (tertiary/aromatic N) is 1. The summed E-state index contributed by atoms with van der Waals surface area (Å²) in [5.74, 6) is 1.21. The lowest BCUT2D eigenvalue weighted by Crippen LogP contribution is -2.56. The van der Waals surface area contributed by atoms with E-state index in [2.05, 4.69) is 32.7 Å². The molecule has 1 aliphatic rings. The van der Waals surface area contributed by atoms with Crippen molar-refractivity contribution in [2.75, 3.05) is 26.7 Å². The van der Waals surface area contributed by atoms with Crippen LogP contribution in [0.25, 0.3) is 0 Å². The highest BCUT2D eigenvalue weighted by atomic mass is 16.5. The Morgan fingerprint density at radius 1 is 1.29 bits per heavy atom. The van der Waals surface area contributed by atoms with Crippen LogP contribution >= 0.6 is 0 Å². The molecule has 3 nitrogen and oxygen atoms in total. The summed E-state index contributed by atoms with van der Waals surface area (Å²) in [5.41, 5.74) is -0.674. The second kappa shape index (κ2) is 6.17. The molecule has 0 aromatic heterocycles. The van der Waals surface area contributed by atoms with Gasteiger partial charge in [-0.15, -0.1) is 0 Å². The van der Waals surface area contributed by atoms with E-state index < -0.39 is 5.60 Å². The number of hydrogen-bond donors (Lipinski definition) is 1. The predicted molar refractivity (Wildman–Crippen MR) is 71.1 cm³/mol. The van der Waals surface area contributed by atoms with Crippen molar-refractivity contribution in [1.82, 2.24) is 4.90 Å². The van der Waals surface area contributed by atoms with Crippen LogP contribution in [0.1, 0.15) is 40.5 Å². The second-order valence-electron chi connectivity index (χ2n) is 5.77. The van der Waals surface area contributed by atoms with Gasteiger partial charge in [-0.25, -0.2) is 0 Å². The smallest absolute Gasteiger partial charge is 0.104 e. The molecular weight excluding hydrogens is 214 g/mol. The highest BCUT2D eigenvalue weighted by molar-refractivity contribution is 4.97. The summed E-state index contributed by atoms with van der Waals surface area (Å²) in [4.78, 5) is 2.18. The average Bonchev–Trinajstić information content (AvgIpc) is 2.26. The van der Waals surface area contributed by atoms with Crippen molar-refractivity contribution in [3.8, 4) is 0 Å². The maximum absolute atomic E-state index is 10.9. The minimum Gasteiger partial charge on any atom is -0.386 e. The van der Waals surface area contributed by atoms with Gasteiger partial charge in [-0.05, 0) is 45.2 Å². The van der Waals surface area contributed by atoms with Gasteiger partial charge in [0.1, 0.15) is 5.60 Å². The van der Waals surface area contributed by atoms with Crippen LogP contribution in [0.5, 0.6) is 0 Å². The van der Waals surface area contributed by atoms with Crippen LogP contribution in [-0.2, 0) is 4.74 Å². The highest BCUT2D eigenvalue weighted by Gasteiger charge is 2.45. The van der Waals surface area contributed by atoms with Crippen molar-refractivity contribution >= 4 is 0 Å². The van der Waals surface area contributed by atoms with E-state index in [0.717, 1.165) is 19.4 Å². The average molecular weight is 243 g/mol. The minimum absolute atomic E-state index is 0.00676. The molecule has 17 heavy (non-hydrogen) atoms. The Morgan fingerprint density at radius 2 is 1.94 bits per heavy atom. The van der Waals surface area contributed by atoms with E-state index in [1.165, 1.54) is 0 Å². The minimum atomic E-state index is -0.674. The third-order valence-electron chi connectivity index (χ3n) is 4.28. The lowest BCUT2D eigenvalue weighted by atomic mass is 9.71. The van der Waals surface area contributed by atoms with E-state index >= 15 is 0 Å². The van der Waals surface area contributed by atoms with Gasteiger partial charge in [-0.3, -0.25) is 0 Å². The first-order chi connectivity index (χ1) is 7.92. The molecule has 0 aromatic carbocycles. The Labute approximate surface area is 106 Å². The van der Waals surface area contributed by atoms with Gasteiger partial charge in [0, 0.05) is 13.2 Å². The molecule has 3 heteroatoms. The fourth-order valence-electron chi connectivity index (χ4n) is 2.85. The van der Waals surface area contributed by atoms with Crippen LogP contribution in [0, 0.1) is 11.8 Å². The monoisotopic (exact) mass is 243 g/mol. The van der Waals surface area contributed by atoms with Crippen molar-refractivity contribution in [3.05, 3.63) is 0 Å². The van der Waals surface area contributed by atoms with E-state index in [0.29, 0.717) is 25.0 Å². The zero-order chi connectivity index (χ0) is 13.1. The molecule has 0 radical (unpaired) electrons. The number of ether oxygens (including phenoxy) is 1. The van der Waals surface area contributed by atoms with Gasteiger partial charge >= 0.3 is 0 Å². The summed E-state index contributed by atoms with van der Waals surface area (Å²) in [6.45, 7) is 11.0. The highest BCUT2D eigenvalue weighted by Crippen LogP contribution is 2.38. The SMILES string of the molecule is CCOC1CC(C)C(C)CC1(O)CN(C)CC. The zero-order valence-electron chi connectivity index (χ0n) is 12.1. The molecule has 0 spiro atoms. The molecule has 4 unspecified atom stereocenters. The van der Waals surface area contributed by atoms with Crippen LogP contribution in [0.4, 0.5) is 0 Å². The number of hydrogen-bond acceptors (Lipinski definition) is 3. The van der Waals surface area contributed by atoms with E-state index in [4.69, 9.17) is 4.74 Å². The molecule has 102 valence electrons. The van der Waals surface area contributed by atoms with E-state index in [1.807, 2.05) is 6.92 Å². The topological polar surface area (TPSA) is 32.7 Å². The molecule has 0 heterocycles. The third kappa shape index (κ3) is 3.67. The maximum atomic E-state index is 10.9. The summed E-state index contributed by atoms with van der Waals surface area (Å²) in [7, 11) is 2.06. The van der Waals surface area contributed by atoms with Crippen LogP contribution in [0.3, 0.4) is 0 Å². The van der Waals surface area contributed by atoms with Gasteiger partial charge in [-0.2, -0.15) is 0 Å². The molecule has 1 fully saturated rings. The van der Waals surface area contributed by atoms with Crippen molar-refractivity contribution in [3.63, 3.8) is 0 Å². The number of likely N-dealkylation sites (N-methyl/N-ethyl adjacent to an activating group) is 1. The molecule has 0 aromatic rings. The lowest BCUT2D eigenvalue weighted by molar-refractivity contribution is -0.157. The normalized spacial score (nSPS) is 38.6. The maximum Gasteiger partial charge on any atom is 0.104 e. The van der Waals surface area contributed by atoms with Crippen molar-refractivity contribution in [2.45, 2.75) is 52.2 Å². The summed E-state index contributed by atoms with van der Waals surface area (Å²) >= 11 is 0. The van der Waals surface area contributed by atoms with E-state index in [9.17, 15) is 5.11 Å². The fourth-order valence-corrected chi connectivity index (χ4v) is 2.85. The Kier molecular flexibility index (Phi) is 5.42. The number of rotatable bonds is 5. The van der Waals surface area contributed by atoms with Gasteiger partial charge in [0.25, 0.3) is 0 Å². The molecule has 1 N–H and O–H groups in total. The first-order valence-corrected chi connectivity index (χ1v) is 6.95. The first kappa shape index (κ1) is 14.9.